The van der Waals surface area contributed by atoms with Gasteiger partial charge < -0.3 is 10.6 Å². The van der Waals surface area contributed by atoms with Crippen LogP contribution in [0, 0.1) is 0 Å². The van der Waals surface area contributed by atoms with Crippen LogP contribution in [0.4, 0.5) is 10.5 Å². The van der Waals surface area contributed by atoms with Crippen LogP contribution in [-0.4, -0.2) is 26.7 Å². The van der Waals surface area contributed by atoms with Crippen molar-refractivity contribution in [2.24, 2.45) is 0 Å². The Balaban J connectivity index is 2.67. The van der Waals surface area contributed by atoms with Gasteiger partial charge in [-0.2, -0.15) is 0 Å². The molecule has 0 radical (unpaired) electrons. The predicted molar refractivity (Wildman–Crippen MR) is 71.5 cm³/mol. The fourth-order valence-electron chi connectivity index (χ4n) is 1.28. The molecule has 1 rings (SSSR count). The molecule has 5 nitrogen and oxygen atoms in total. The van der Waals surface area contributed by atoms with Crippen LogP contribution in [-0.2, 0) is 9.84 Å². The van der Waals surface area contributed by atoms with Crippen molar-refractivity contribution in [3.63, 3.8) is 0 Å². The first-order valence-electron chi connectivity index (χ1n) is 5.70. The predicted octanol–water partition coefficient (Wildman–Crippen LogP) is 2.01. The van der Waals surface area contributed by atoms with Crippen molar-refractivity contribution in [3.05, 3.63) is 24.3 Å². The van der Waals surface area contributed by atoms with Gasteiger partial charge in [0.1, 0.15) is 0 Å². The van der Waals surface area contributed by atoms with Crippen molar-refractivity contribution in [2.75, 3.05) is 11.6 Å². The smallest absolute Gasteiger partial charge is 0.319 e. The fourth-order valence-corrected chi connectivity index (χ4v) is 1.91. The van der Waals surface area contributed by atoms with Crippen LogP contribution in [0.1, 0.15) is 20.3 Å². The van der Waals surface area contributed by atoms with Gasteiger partial charge in [0, 0.05) is 18.0 Å². The van der Waals surface area contributed by atoms with Gasteiger partial charge in [-0.1, -0.05) is 6.92 Å². The van der Waals surface area contributed by atoms with Gasteiger partial charge in [-0.15, -0.1) is 0 Å². The molecule has 0 aliphatic carbocycles. The molecular weight excluding hydrogens is 252 g/mol. The van der Waals surface area contributed by atoms with Gasteiger partial charge in [0.2, 0.25) is 0 Å². The maximum absolute atomic E-state index is 11.5. The summed E-state index contributed by atoms with van der Waals surface area (Å²) in [5.41, 5.74) is 0.559. The average Bonchev–Trinajstić information content (AvgIpc) is 2.28. The SMILES string of the molecule is CC[C@H](C)NC(=O)Nc1ccc(S(C)(=O)=O)cc1. The van der Waals surface area contributed by atoms with Gasteiger partial charge in [-0.3, -0.25) is 0 Å². The van der Waals surface area contributed by atoms with Crippen LogP contribution in [0.15, 0.2) is 29.2 Å². The van der Waals surface area contributed by atoms with E-state index in [1.54, 1.807) is 12.1 Å². The standard InChI is InChI=1S/C12H18N2O3S/c1-4-9(2)13-12(15)14-10-5-7-11(8-6-10)18(3,16)17/h5-9H,4H2,1-3H3,(H2,13,14,15)/t9-/m0/s1. The van der Waals surface area contributed by atoms with E-state index in [0.29, 0.717) is 5.69 Å². The van der Waals surface area contributed by atoms with Gasteiger partial charge in [0.25, 0.3) is 0 Å². The molecule has 0 saturated heterocycles. The summed E-state index contributed by atoms with van der Waals surface area (Å²) in [6, 6.07) is 5.86. The average molecular weight is 270 g/mol. The quantitative estimate of drug-likeness (QED) is 0.878. The first kappa shape index (κ1) is 14.5. The molecular formula is C12H18N2O3S. The lowest BCUT2D eigenvalue weighted by Crippen LogP contribution is -2.35. The summed E-state index contributed by atoms with van der Waals surface area (Å²) in [4.78, 5) is 11.8. The first-order chi connectivity index (χ1) is 8.32. The molecule has 0 aliphatic rings. The summed E-state index contributed by atoms with van der Waals surface area (Å²) in [7, 11) is -3.20. The van der Waals surface area contributed by atoms with Gasteiger partial charge in [0.15, 0.2) is 9.84 Å². The molecule has 2 N–H and O–H groups in total. The van der Waals surface area contributed by atoms with Crippen molar-refractivity contribution in [2.45, 2.75) is 31.2 Å². The molecule has 0 bridgehead atoms. The number of hydrogen-bond acceptors (Lipinski definition) is 3. The second kappa shape index (κ2) is 5.86. The Labute approximate surface area is 108 Å². The van der Waals surface area contributed by atoms with E-state index in [0.717, 1.165) is 12.7 Å². The summed E-state index contributed by atoms with van der Waals surface area (Å²) >= 11 is 0. The number of urea groups is 1. The summed E-state index contributed by atoms with van der Waals surface area (Å²) < 4.78 is 22.5. The highest BCUT2D eigenvalue weighted by Crippen LogP contribution is 2.13. The number of hydrogen-bond donors (Lipinski definition) is 2. The lowest BCUT2D eigenvalue weighted by Gasteiger charge is -2.12. The van der Waals surface area contributed by atoms with Crippen LogP contribution in [0.3, 0.4) is 0 Å². The van der Waals surface area contributed by atoms with Gasteiger partial charge in [0.05, 0.1) is 4.90 Å². The summed E-state index contributed by atoms with van der Waals surface area (Å²) in [5.74, 6) is 0. The normalized spacial score (nSPS) is 12.8. The van der Waals surface area contributed by atoms with E-state index in [-0.39, 0.29) is 17.0 Å². The molecule has 2 amide bonds. The number of amides is 2. The molecule has 1 atom stereocenters. The first-order valence-corrected chi connectivity index (χ1v) is 7.59. The maximum Gasteiger partial charge on any atom is 0.319 e. The van der Waals surface area contributed by atoms with Gasteiger partial charge >= 0.3 is 6.03 Å². The summed E-state index contributed by atoms with van der Waals surface area (Å²) in [6.07, 6.45) is 1.99. The number of rotatable bonds is 4. The van der Waals surface area contributed by atoms with Crippen LogP contribution in [0.25, 0.3) is 0 Å². The molecule has 0 spiro atoms. The van der Waals surface area contributed by atoms with Gasteiger partial charge in [-0.05, 0) is 37.6 Å². The van der Waals surface area contributed by atoms with Crippen LogP contribution >= 0.6 is 0 Å². The minimum absolute atomic E-state index is 0.0975. The Hall–Kier alpha value is -1.56. The van der Waals surface area contributed by atoms with Crippen LogP contribution < -0.4 is 10.6 Å². The lowest BCUT2D eigenvalue weighted by molar-refractivity contribution is 0.249. The highest BCUT2D eigenvalue weighted by Gasteiger charge is 2.08. The number of anilines is 1. The highest BCUT2D eigenvalue weighted by molar-refractivity contribution is 7.90. The molecule has 0 saturated carbocycles. The third kappa shape index (κ3) is 4.37. The Morgan fingerprint density at radius 3 is 2.28 bits per heavy atom. The number of benzene rings is 1. The zero-order valence-corrected chi connectivity index (χ0v) is 11.5. The minimum atomic E-state index is -3.20. The van der Waals surface area contributed by atoms with Crippen molar-refractivity contribution < 1.29 is 13.2 Å². The minimum Gasteiger partial charge on any atom is -0.335 e. The van der Waals surface area contributed by atoms with Crippen molar-refractivity contribution in [3.8, 4) is 0 Å². The van der Waals surface area contributed by atoms with E-state index in [2.05, 4.69) is 10.6 Å². The topological polar surface area (TPSA) is 75.3 Å². The second-order valence-electron chi connectivity index (χ2n) is 4.20. The van der Waals surface area contributed by atoms with Crippen LogP contribution in [0.2, 0.25) is 0 Å². The van der Waals surface area contributed by atoms with Crippen molar-refractivity contribution in [1.29, 1.82) is 0 Å². The summed E-state index contributed by atoms with van der Waals surface area (Å²) in [5, 5.41) is 5.40. The molecule has 1 aromatic rings. The number of carbonyl (C=O) groups excluding carboxylic acids is 1. The molecule has 0 fully saturated rings. The lowest BCUT2D eigenvalue weighted by atomic mass is 10.3. The Morgan fingerprint density at radius 2 is 1.83 bits per heavy atom. The van der Waals surface area contributed by atoms with Crippen molar-refractivity contribution in [1.82, 2.24) is 5.32 Å². The number of carbonyl (C=O) groups is 1. The Bertz CT molecular complexity index is 509. The molecule has 0 aromatic heterocycles. The maximum atomic E-state index is 11.5. The fraction of sp³-hybridized carbons (Fsp3) is 0.417. The third-order valence-corrected chi connectivity index (χ3v) is 3.66. The molecule has 0 aliphatic heterocycles. The van der Waals surface area contributed by atoms with Gasteiger partial charge in [-0.25, -0.2) is 13.2 Å². The second-order valence-corrected chi connectivity index (χ2v) is 6.22. The van der Waals surface area contributed by atoms with E-state index in [1.165, 1.54) is 12.1 Å². The number of nitrogens with one attached hydrogen (secondary N) is 2. The Morgan fingerprint density at radius 1 is 1.28 bits per heavy atom. The van der Waals surface area contributed by atoms with E-state index in [9.17, 15) is 13.2 Å². The molecule has 18 heavy (non-hydrogen) atoms. The van der Waals surface area contributed by atoms with Crippen LogP contribution in [0.5, 0.6) is 0 Å². The third-order valence-electron chi connectivity index (χ3n) is 2.53. The molecule has 0 heterocycles. The highest BCUT2D eigenvalue weighted by atomic mass is 32.2. The van der Waals surface area contributed by atoms with E-state index in [1.807, 2.05) is 13.8 Å². The summed E-state index contributed by atoms with van der Waals surface area (Å²) in [6.45, 7) is 3.89. The number of sulfone groups is 1. The van der Waals surface area contributed by atoms with Crippen molar-refractivity contribution >= 4 is 21.6 Å². The molecule has 100 valence electrons. The zero-order valence-electron chi connectivity index (χ0n) is 10.7. The monoisotopic (exact) mass is 270 g/mol. The Kier molecular flexibility index (Phi) is 4.72. The van der Waals surface area contributed by atoms with E-state index < -0.39 is 9.84 Å². The largest absolute Gasteiger partial charge is 0.335 e. The molecule has 1 aromatic carbocycles. The molecule has 6 heteroatoms. The van der Waals surface area contributed by atoms with E-state index in [4.69, 9.17) is 0 Å². The molecule has 0 unspecified atom stereocenters. The zero-order chi connectivity index (χ0) is 13.8. The van der Waals surface area contributed by atoms with E-state index >= 15 is 0 Å².